The van der Waals surface area contributed by atoms with Gasteiger partial charge >= 0.3 is 6.18 Å². The van der Waals surface area contributed by atoms with Gasteiger partial charge in [0.1, 0.15) is 4.90 Å². The van der Waals surface area contributed by atoms with E-state index in [1.54, 1.807) is 0 Å². The monoisotopic (exact) mass is 381 g/mol. The first kappa shape index (κ1) is 20.1. The van der Waals surface area contributed by atoms with Crippen molar-refractivity contribution >= 4 is 21.6 Å². The number of sulfonamides is 1. The smallest absolute Gasteiger partial charge is 0.383 e. The zero-order valence-corrected chi connectivity index (χ0v) is 13.4. The summed E-state index contributed by atoms with van der Waals surface area (Å²) in [5.74, 6) is 0. The van der Waals surface area contributed by atoms with E-state index >= 15 is 0 Å². The molecule has 0 saturated carbocycles. The average molecular weight is 382 g/mol. The summed E-state index contributed by atoms with van der Waals surface area (Å²) >= 11 is 5.65. The lowest BCUT2D eigenvalue weighted by Crippen LogP contribution is -2.37. The van der Waals surface area contributed by atoms with E-state index in [-0.39, 0.29) is 6.61 Å². The van der Waals surface area contributed by atoms with Gasteiger partial charge in [-0.1, -0.05) is 11.6 Å². The molecule has 0 spiro atoms. The molecule has 132 valence electrons. The highest BCUT2D eigenvalue weighted by Crippen LogP contribution is 2.34. The van der Waals surface area contributed by atoms with Crippen molar-refractivity contribution in [2.75, 3.05) is 26.8 Å². The number of hydrogen-bond acceptors (Lipinski definition) is 3. The standard InChI is InChI=1S/C12H13ClF5NO3S/c1-22-5-4-19(7-11(14)15)23(20,21)10-6-8(12(16,17)18)2-3-9(10)13/h2-3,6,11H,4-5,7H2,1H3. The van der Waals surface area contributed by atoms with Crippen molar-refractivity contribution in [3.05, 3.63) is 28.8 Å². The summed E-state index contributed by atoms with van der Waals surface area (Å²) in [4.78, 5) is -0.884. The van der Waals surface area contributed by atoms with Crippen LogP contribution in [-0.4, -0.2) is 46.0 Å². The number of hydrogen-bond donors (Lipinski definition) is 0. The van der Waals surface area contributed by atoms with Gasteiger partial charge in [0, 0.05) is 13.7 Å². The van der Waals surface area contributed by atoms with Crippen LogP contribution in [0.1, 0.15) is 5.56 Å². The fourth-order valence-corrected chi connectivity index (χ4v) is 3.58. The summed E-state index contributed by atoms with van der Waals surface area (Å²) in [6.07, 6.45) is -7.80. The van der Waals surface area contributed by atoms with Gasteiger partial charge < -0.3 is 4.74 Å². The van der Waals surface area contributed by atoms with Gasteiger partial charge in [0.2, 0.25) is 10.0 Å². The molecule has 0 radical (unpaired) electrons. The van der Waals surface area contributed by atoms with E-state index < -0.39 is 51.2 Å². The zero-order chi connectivity index (χ0) is 17.8. The van der Waals surface area contributed by atoms with Crippen molar-refractivity contribution in [2.45, 2.75) is 17.5 Å². The van der Waals surface area contributed by atoms with Gasteiger partial charge in [-0.2, -0.15) is 17.5 Å². The molecule has 11 heteroatoms. The van der Waals surface area contributed by atoms with Crippen molar-refractivity contribution < 1.29 is 35.1 Å². The predicted molar refractivity (Wildman–Crippen MR) is 73.1 cm³/mol. The average Bonchev–Trinajstić information content (AvgIpc) is 2.41. The molecule has 23 heavy (non-hydrogen) atoms. The minimum Gasteiger partial charge on any atom is -0.383 e. The van der Waals surface area contributed by atoms with Crippen molar-refractivity contribution in [1.29, 1.82) is 0 Å². The van der Waals surface area contributed by atoms with Crippen LogP contribution in [-0.2, 0) is 20.9 Å². The maximum Gasteiger partial charge on any atom is 0.416 e. The second-order valence-corrected chi connectivity index (χ2v) is 6.70. The second kappa shape index (κ2) is 7.73. The molecule has 0 fully saturated rings. The molecule has 0 aromatic heterocycles. The molecule has 0 unspecified atom stereocenters. The van der Waals surface area contributed by atoms with Gasteiger partial charge in [0.15, 0.2) is 0 Å². The van der Waals surface area contributed by atoms with Crippen LogP contribution < -0.4 is 0 Å². The highest BCUT2D eigenvalue weighted by atomic mass is 35.5. The van der Waals surface area contributed by atoms with Crippen LogP contribution in [0.25, 0.3) is 0 Å². The van der Waals surface area contributed by atoms with Crippen LogP contribution in [0.4, 0.5) is 22.0 Å². The number of alkyl halides is 5. The first-order valence-corrected chi connectivity index (χ1v) is 7.96. The van der Waals surface area contributed by atoms with Crippen molar-refractivity contribution in [2.24, 2.45) is 0 Å². The number of methoxy groups -OCH3 is 1. The molecule has 1 rings (SSSR count). The van der Waals surface area contributed by atoms with E-state index in [1.807, 2.05) is 0 Å². The molecule has 0 aliphatic carbocycles. The highest BCUT2D eigenvalue weighted by Gasteiger charge is 2.35. The molecule has 0 bridgehead atoms. The van der Waals surface area contributed by atoms with E-state index in [0.29, 0.717) is 16.4 Å². The SMILES string of the molecule is COCCN(CC(F)F)S(=O)(=O)c1cc(C(F)(F)F)ccc1Cl. The van der Waals surface area contributed by atoms with Crippen LogP contribution in [0.5, 0.6) is 0 Å². The quantitative estimate of drug-likeness (QED) is 0.681. The molecule has 0 aliphatic heterocycles. The lowest BCUT2D eigenvalue weighted by Gasteiger charge is -2.22. The molecule has 0 amide bonds. The summed E-state index contributed by atoms with van der Waals surface area (Å²) < 4.78 is 92.9. The van der Waals surface area contributed by atoms with Crippen LogP contribution in [0.15, 0.2) is 23.1 Å². The molecule has 1 aromatic carbocycles. The van der Waals surface area contributed by atoms with E-state index in [1.165, 1.54) is 7.11 Å². The first-order chi connectivity index (χ1) is 10.5. The molecular formula is C12H13ClF5NO3S. The molecule has 0 N–H and O–H groups in total. The number of nitrogens with zero attached hydrogens (tertiary/aromatic N) is 1. The van der Waals surface area contributed by atoms with Crippen LogP contribution in [0.2, 0.25) is 5.02 Å². The van der Waals surface area contributed by atoms with E-state index in [9.17, 15) is 30.4 Å². The minimum atomic E-state index is -4.80. The van der Waals surface area contributed by atoms with Crippen LogP contribution in [0.3, 0.4) is 0 Å². The molecular weight excluding hydrogens is 369 g/mol. The Balaban J connectivity index is 3.33. The van der Waals surface area contributed by atoms with Gasteiger partial charge in [-0.05, 0) is 18.2 Å². The van der Waals surface area contributed by atoms with Crippen LogP contribution >= 0.6 is 11.6 Å². The Morgan fingerprint density at radius 3 is 2.39 bits per heavy atom. The summed E-state index contributed by atoms with van der Waals surface area (Å²) in [6.45, 7) is -1.84. The van der Waals surface area contributed by atoms with Gasteiger partial charge in [-0.15, -0.1) is 0 Å². The third-order valence-corrected chi connectivity index (χ3v) is 5.11. The second-order valence-electron chi connectivity index (χ2n) is 4.39. The third-order valence-electron chi connectivity index (χ3n) is 2.76. The molecule has 0 saturated heterocycles. The summed E-state index contributed by atoms with van der Waals surface area (Å²) in [6, 6.07) is 1.69. The summed E-state index contributed by atoms with van der Waals surface area (Å²) in [7, 11) is -3.41. The van der Waals surface area contributed by atoms with Gasteiger partial charge in [0.05, 0.1) is 23.7 Å². The molecule has 0 aliphatic rings. The lowest BCUT2D eigenvalue weighted by molar-refractivity contribution is -0.137. The molecule has 0 atom stereocenters. The topological polar surface area (TPSA) is 46.6 Å². The Labute approximate surface area is 134 Å². The zero-order valence-electron chi connectivity index (χ0n) is 11.8. The van der Waals surface area contributed by atoms with Gasteiger partial charge in [0.25, 0.3) is 6.43 Å². The number of benzene rings is 1. The first-order valence-electron chi connectivity index (χ1n) is 6.14. The largest absolute Gasteiger partial charge is 0.416 e. The Morgan fingerprint density at radius 1 is 1.30 bits per heavy atom. The minimum absolute atomic E-state index is 0.206. The Morgan fingerprint density at radius 2 is 1.91 bits per heavy atom. The van der Waals surface area contributed by atoms with Crippen molar-refractivity contribution in [3.63, 3.8) is 0 Å². The molecule has 1 aromatic rings. The number of halogens is 6. The summed E-state index contributed by atoms with van der Waals surface area (Å²) in [5, 5.41) is -0.491. The number of ether oxygens (including phenoxy) is 1. The number of rotatable bonds is 7. The Kier molecular flexibility index (Phi) is 6.75. The van der Waals surface area contributed by atoms with E-state index in [2.05, 4.69) is 4.74 Å². The van der Waals surface area contributed by atoms with Gasteiger partial charge in [-0.3, -0.25) is 0 Å². The van der Waals surface area contributed by atoms with Crippen molar-refractivity contribution in [1.82, 2.24) is 4.31 Å². The fourth-order valence-electron chi connectivity index (χ4n) is 1.67. The maximum absolute atomic E-state index is 12.7. The highest BCUT2D eigenvalue weighted by molar-refractivity contribution is 7.89. The Hall–Kier alpha value is -0.970. The third kappa shape index (κ3) is 5.27. The predicted octanol–water partition coefficient (Wildman–Crippen LogP) is 3.26. The van der Waals surface area contributed by atoms with Gasteiger partial charge in [-0.25, -0.2) is 17.2 Å². The fraction of sp³-hybridized carbons (Fsp3) is 0.500. The van der Waals surface area contributed by atoms with Crippen LogP contribution in [0, 0.1) is 0 Å². The van der Waals surface area contributed by atoms with E-state index in [0.717, 1.165) is 6.07 Å². The molecule has 4 nitrogen and oxygen atoms in total. The normalized spacial score (nSPS) is 13.1. The van der Waals surface area contributed by atoms with E-state index in [4.69, 9.17) is 11.6 Å². The molecule has 0 heterocycles. The maximum atomic E-state index is 12.7. The lowest BCUT2D eigenvalue weighted by atomic mass is 10.2. The Bertz CT molecular complexity index is 636. The van der Waals surface area contributed by atoms with Crippen molar-refractivity contribution in [3.8, 4) is 0 Å². The summed E-state index contributed by atoms with van der Waals surface area (Å²) in [5.41, 5.74) is -1.25.